The second-order valence-corrected chi connectivity index (χ2v) is 8.13. The molecule has 1 aromatic heterocycles. The first kappa shape index (κ1) is 18.4. The molecule has 1 fully saturated rings. The molecule has 3 nitrogen and oxygen atoms in total. The van der Waals surface area contributed by atoms with Gasteiger partial charge >= 0.3 is 0 Å². The van der Waals surface area contributed by atoms with Crippen LogP contribution in [0, 0.1) is 0 Å². The minimum atomic E-state index is -0.0262. The molecule has 0 saturated heterocycles. The van der Waals surface area contributed by atoms with Crippen LogP contribution in [0.15, 0.2) is 42.5 Å². The molecule has 1 N–H and O–H groups in total. The smallest absolute Gasteiger partial charge is 0.268 e. The van der Waals surface area contributed by atoms with E-state index < -0.39 is 0 Å². The summed E-state index contributed by atoms with van der Waals surface area (Å²) in [6, 6.07) is 13.6. The lowest BCUT2D eigenvalue weighted by molar-refractivity contribution is 0.0920. The monoisotopic (exact) mass is 400 g/mol. The molecule has 0 bridgehead atoms. The fourth-order valence-electron chi connectivity index (χ4n) is 4.09. The zero-order valence-corrected chi connectivity index (χ0v) is 16.8. The van der Waals surface area contributed by atoms with Gasteiger partial charge in [-0.3, -0.25) is 4.79 Å². The highest BCUT2D eigenvalue weighted by Gasteiger charge is 2.25. The molecule has 1 amide bonds. The standard InChI is InChI=1S/C22H22Cl2N2O/c1-26-19-12-11-16(24)13-18(19)20(14-7-9-15(23)10-8-14)21(26)22(27)25-17-5-3-2-4-6-17/h7-13,17H,2-6H2,1H3,(H,25,27). The van der Waals surface area contributed by atoms with Crippen molar-refractivity contribution in [3.8, 4) is 11.1 Å². The summed E-state index contributed by atoms with van der Waals surface area (Å²) in [5.74, 6) is -0.0262. The number of carbonyl (C=O) groups excluding carboxylic acids is 1. The van der Waals surface area contributed by atoms with Crippen molar-refractivity contribution < 1.29 is 4.79 Å². The third-order valence-corrected chi connectivity index (χ3v) is 5.94. The van der Waals surface area contributed by atoms with E-state index in [1.807, 2.05) is 54.1 Å². The molecule has 2 aromatic carbocycles. The van der Waals surface area contributed by atoms with Gasteiger partial charge in [-0.15, -0.1) is 0 Å². The summed E-state index contributed by atoms with van der Waals surface area (Å²) < 4.78 is 1.97. The summed E-state index contributed by atoms with van der Waals surface area (Å²) in [6.07, 6.45) is 5.73. The number of aryl methyl sites for hydroxylation is 1. The van der Waals surface area contributed by atoms with Crippen LogP contribution in [0.4, 0.5) is 0 Å². The molecule has 4 rings (SSSR count). The first-order chi connectivity index (χ1) is 13.0. The van der Waals surface area contributed by atoms with E-state index in [0.717, 1.165) is 34.9 Å². The SMILES string of the molecule is Cn1c(C(=O)NC2CCCCC2)c(-c2ccc(Cl)cc2)c2cc(Cl)ccc21. The summed E-state index contributed by atoms with van der Waals surface area (Å²) in [4.78, 5) is 13.3. The van der Waals surface area contributed by atoms with Gasteiger partial charge in [0.25, 0.3) is 5.91 Å². The lowest BCUT2D eigenvalue weighted by Gasteiger charge is -2.23. The number of rotatable bonds is 3. The molecule has 5 heteroatoms. The van der Waals surface area contributed by atoms with E-state index in [1.165, 1.54) is 19.3 Å². The predicted molar refractivity (Wildman–Crippen MR) is 113 cm³/mol. The molecule has 1 aliphatic rings. The second kappa shape index (κ2) is 7.57. The molecular weight excluding hydrogens is 379 g/mol. The number of nitrogens with zero attached hydrogens (tertiary/aromatic N) is 1. The quantitative estimate of drug-likeness (QED) is 0.556. The lowest BCUT2D eigenvalue weighted by atomic mass is 9.95. The van der Waals surface area contributed by atoms with Gasteiger partial charge in [0.1, 0.15) is 5.69 Å². The highest BCUT2D eigenvalue weighted by Crippen LogP contribution is 2.36. The number of hydrogen-bond donors (Lipinski definition) is 1. The summed E-state index contributed by atoms with van der Waals surface area (Å²) in [7, 11) is 1.94. The Morgan fingerprint density at radius 3 is 2.37 bits per heavy atom. The second-order valence-electron chi connectivity index (χ2n) is 7.26. The van der Waals surface area contributed by atoms with Gasteiger partial charge < -0.3 is 9.88 Å². The van der Waals surface area contributed by atoms with Crippen molar-refractivity contribution in [1.29, 1.82) is 0 Å². The molecule has 3 aromatic rings. The average molecular weight is 401 g/mol. The minimum Gasteiger partial charge on any atom is -0.348 e. The van der Waals surface area contributed by atoms with Gasteiger partial charge in [0, 0.05) is 39.6 Å². The fourth-order valence-corrected chi connectivity index (χ4v) is 4.39. The third kappa shape index (κ3) is 3.59. The number of benzene rings is 2. The van der Waals surface area contributed by atoms with Crippen molar-refractivity contribution in [2.45, 2.75) is 38.1 Å². The van der Waals surface area contributed by atoms with Gasteiger partial charge in [-0.1, -0.05) is 54.6 Å². The van der Waals surface area contributed by atoms with Crippen LogP contribution in [-0.2, 0) is 7.05 Å². The summed E-state index contributed by atoms with van der Waals surface area (Å²) in [5, 5.41) is 5.55. The molecule has 1 heterocycles. The topological polar surface area (TPSA) is 34.0 Å². The minimum absolute atomic E-state index is 0.0262. The Morgan fingerprint density at radius 1 is 1.00 bits per heavy atom. The number of carbonyl (C=O) groups is 1. The number of halogens is 2. The van der Waals surface area contributed by atoms with Crippen molar-refractivity contribution in [2.24, 2.45) is 7.05 Å². The number of fused-ring (bicyclic) bond motifs is 1. The Balaban J connectivity index is 1.85. The highest BCUT2D eigenvalue weighted by molar-refractivity contribution is 6.32. The zero-order valence-electron chi connectivity index (χ0n) is 15.3. The van der Waals surface area contributed by atoms with E-state index in [4.69, 9.17) is 23.2 Å². The molecule has 0 atom stereocenters. The van der Waals surface area contributed by atoms with Crippen LogP contribution in [0.1, 0.15) is 42.6 Å². The number of amides is 1. The van der Waals surface area contributed by atoms with Gasteiger partial charge in [0.2, 0.25) is 0 Å². The van der Waals surface area contributed by atoms with Crippen LogP contribution < -0.4 is 5.32 Å². The van der Waals surface area contributed by atoms with Crippen LogP contribution >= 0.6 is 23.2 Å². The van der Waals surface area contributed by atoms with Gasteiger partial charge in [0.15, 0.2) is 0 Å². The third-order valence-electron chi connectivity index (χ3n) is 5.45. The summed E-state index contributed by atoms with van der Waals surface area (Å²) in [6.45, 7) is 0. The zero-order chi connectivity index (χ0) is 19.0. The Bertz CT molecular complexity index is 986. The van der Waals surface area contributed by atoms with Gasteiger partial charge in [0.05, 0.1) is 0 Å². The molecule has 0 spiro atoms. The lowest BCUT2D eigenvalue weighted by Crippen LogP contribution is -2.37. The van der Waals surface area contributed by atoms with E-state index >= 15 is 0 Å². The molecule has 1 saturated carbocycles. The van der Waals surface area contributed by atoms with Crippen LogP contribution in [0.3, 0.4) is 0 Å². The van der Waals surface area contributed by atoms with Crippen molar-refractivity contribution in [3.63, 3.8) is 0 Å². The first-order valence-corrected chi connectivity index (χ1v) is 10.1. The molecule has 0 aliphatic heterocycles. The number of nitrogens with one attached hydrogen (secondary N) is 1. The van der Waals surface area contributed by atoms with Crippen molar-refractivity contribution in [3.05, 3.63) is 58.2 Å². The maximum Gasteiger partial charge on any atom is 0.268 e. The van der Waals surface area contributed by atoms with Crippen LogP contribution in [0.2, 0.25) is 10.0 Å². The maximum absolute atomic E-state index is 13.3. The van der Waals surface area contributed by atoms with Gasteiger partial charge in [-0.2, -0.15) is 0 Å². The van der Waals surface area contributed by atoms with Crippen LogP contribution in [-0.4, -0.2) is 16.5 Å². The molecule has 0 unspecified atom stereocenters. The van der Waals surface area contributed by atoms with Crippen molar-refractivity contribution in [1.82, 2.24) is 9.88 Å². The number of hydrogen-bond acceptors (Lipinski definition) is 1. The van der Waals surface area contributed by atoms with Gasteiger partial charge in [-0.25, -0.2) is 0 Å². The average Bonchev–Trinajstić information content (AvgIpc) is 2.95. The normalized spacial score (nSPS) is 15.2. The van der Waals surface area contributed by atoms with E-state index in [-0.39, 0.29) is 11.9 Å². The van der Waals surface area contributed by atoms with Crippen molar-refractivity contribution in [2.75, 3.05) is 0 Å². The maximum atomic E-state index is 13.3. The Kier molecular flexibility index (Phi) is 5.16. The first-order valence-electron chi connectivity index (χ1n) is 9.39. The Morgan fingerprint density at radius 2 is 1.67 bits per heavy atom. The molecule has 140 valence electrons. The van der Waals surface area contributed by atoms with E-state index in [2.05, 4.69) is 5.32 Å². The number of aromatic nitrogens is 1. The molecule has 27 heavy (non-hydrogen) atoms. The van der Waals surface area contributed by atoms with E-state index in [9.17, 15) is 4.79 Å². The Hall–Kier alpha value is -1.97. The van der Waals surface area contributed by atoms with Gasteiger partial charge in [-0.05, 0) is 48.7 Å². The Labute approximate surface area is 169 Å². The molecule has 1 aliphatic carbocycles. The van der Waals surface area contributed by atoms with Crippen LogP contribution in [0.5, 0.6) is 0 Å². The fraction of sp³-hybridized carbons (Fsp3) is 0.318. The van der Waals surface area contributed by atoms with E-state index in [1.54, 1.807) is 0 Å². The van der Waals surface area contributed by atoms with Crippen LogP contribution in [0.25, 0.3) is 22.0 Å². The highest BCUT2D eigenvalue weighted by atomic mass is 35.5. The largest absolute Gasteiger partial charge is 0.348 e. The summed E-state index contributed by atoms with van der Waals surface area (Å²) in [5.41, 5.74) is 3.51. The van der Waals surface area contributed by atoms with Crippen molar-refractivity contribution >= 4 is 40.0 Å². The predicted octanol–water partition coefficient (Wildman–Crippen LogP) is 6.21. The summed E-state index contributed by atoms with van der Waals surface area (Å²) >= 11 is 12.3. The molecule has 0 radical (unpaired) electrons. The molecular formula is C22H22Cl2N2O. The van der Waals surface area contributed by atoms with E-state index in [0.29, 0.717) is 15.7 Å².